The topological polar surface area (TPSA) is 21.6 Å². The molecule has 0 rings (SSSR count). The van der Waals surface area contributed by atoms with Crippen LogP contribution in [-0.2, 0) is 4.84 Å². The van der Waals surface area contributed by atoms with Gasteiger partial charge < -0.3 is 4.84 Å². The van der Waals surface area contributed by atoms with Gasteiger partial charge in [0.15, 0.2) is 5.57 Å². The van der Waals surface area contributed by atoms with Gasteiger partial charge in [0.1, 0.15) is 0 Å². The number of halogens is 11. The van der Waals surface area contributed by atoms with Gasteiger partial charge in [-0.2, -0.15) is 48.3 Å². The first kappa shape index (κ1) is 21.4. The fraction of sp³-hybridized carbons (Fsp3) is 0.700. The van der Waals surface area contributed by atoms with E-state index >= 15 is 0 Å². The summed E-state index contributed by atoms with van der Waals surface area (Å²) in [5.74, 6) is -10.2. The zero-order valence-electron chi connectivity index (χ0n) is 11.2. The molecule has 0 unspecified atom stereocenters. The third kappa shape index (κ3) is 5.23. The van der Waals surface area contributed by atoms with Crippen LogP contribution in [0.3, 0.4) is 0 Å². The maximum absolute atomic E-state index is 13.1. The maximum Gasteiger partial charge on any atom is 0.461 e. The average molecular weight is 367 g/mol. The van der Waals surface area contributed by atoms with Gasteiger partial charge in [0, 0.05) is 0 Å². The third-order valence-corrected chi connectivity index (χ3v) is 2.24. The molecule has 13 heteroatoms. The monoisotopic (exact) mass is 367 g/mol. The lowest BCUT2D eigenvalue weighted by molar-refractivity contribution is -0.282. The van der Waals surface area contributed by atoms with E-state index < -0.39 is 41.5 Å². The fourth-order valence-electron chi connectivity index (χ4n) is 0.995. The van der Waals surface area contributed by atoms with Gasteiger partial charge in [-0.05, 0) is 13.3 Å². The van der Waals surface area contributed by atoms with Crippen molar-refractivity contribution in [2.75, 3.05) is 0 Å². The van der Waals surface area contributed by atoms with Crippen LogP contribution in [0.1, 0.15) is 20.3 Å². The normalized spacial score (nSPS) is 14.7. The number of rotatable bonds is 4. The minimum Gasteiger partial charge on any atom is -0.354 e. The smallest absolute Gasteiger partial charge is 0.354 e. The Hall–Kier alpha value is -1.56. The predicted molar refractivity (Wildman–Crippen MR) is 54.6 cm³/mol. The minimum atomic E-state index is -6.76. The molecule has 0 spiro atoms. The lowest BCUT2D eigenvalue weighted by Crippen LogP contribution is -2.43. The molecule has 0 aliphatic rings. The molecule has 0 aromatic rings. The maximum atomic E-state index is 13.1. The Morgan fingerprint density at radius 3 is 1.48 bits per heavy atom. The summed E-state index contributed by atoms with van der Waals surface area (Å²) < 4.78 is 137. The van der Waals surface area contributed by atoms with Crippen LogP contribution in [0.4, 0.5) is 48.3 Å². The van der Waals surface area contributed by atoms with Crippen LogP contribution < -0.4 is 0 Å². The van der Waals surface area contributed by atoms with Gasteiger partial charge in [0.2, 0.25) is 5.76 Å². The summed E-state index contributed by atoms with van der Waals surface area (Å²) in [4.78, 5) is 3.26. The second kappa shape index (κ2) is 6.51. The van der Waals surface area contributed by atoms with Crippen molar-refractivity contribution >= 4 is 5.71 Å². The van der Waals surface area contributed by atoms with Crippen molar-refractivity contribution in [1.29, 1.82) is 0 Å². The number of nitrogens with zero attached hydrogens (tertiary/aromatic N) is 1. The van der Waals surface area contributed by atoms with E-state index in [1.807, 2.05) is 0 Å². The second-order valence-electron chi connectivity index (χ2n) is 4.04. The van der Waals surface area contributed by atoms with E-state index in [2.05, 4.69) is 9.99 Å². The van der Waals surface area contributed by atoms with E-state index in [9.17, 15) is 48.3 Å². The fourth-order valence-corrected chi connectivity index (χ4v) is 0.995. The third-order valence-electron chi connectivity index (χ3n) is 2.24. The molecule has 0 saturated heterocycles. The lowest BCUT2D eigenvalue weighted by Gasteiger charge is -2.25. The first-order chi connectivity index (χ1) is 9.96. The molecule has 0 fully saturated rings. The van der Waals surface area contributed by atoms with Crippen molar-refractivity contribution in [3.63, 3.8) is 0 Å². The van der Waals surface area contributed by atoms with Crippen LogP contribution in [0.2, 0.25) is 0 Å². The summed E-state index contributed by atoms with van der Waals surface area (Å²) in [7, 11) is 0. The number of hydrogen-bond donors (Lipinski definition) is 0. The molecule has 0 atom stereocenters. The first-order valence-electron chi connectivity index (χ1n) is 5.50. The van der Waals surface area contributed by atoms with Crippen LogP contribution in [0, 0.1) is 0 Å². The van der Waals surface area contributed by atoms with Gasteiger partial charge in [-0.1, -0.05) is 12.1 Å². The highest BCUT2D eigenvalue weighted by Gasteiger charge is 2.68. The van der Waals surface area contributed by atoms with Crippen LogP contribution in [0.15, 0.2) is 16.5 Å². The standard InChI is InChI=1S/C10H8F11NO/c1-3-4(2)22-23-6(7(11,12)10(19,20)21)5(8(13,14)15)9(16,17)18/h3H2,1-2H3/b22-4+. The van der Waals surface area contributed by atoms with Crippen LogP contribution >= 0.6 is 0 Å². The molecule has 0 aliphatic heterocycles. The highest BCUT2D eigenvalue weighted by atomic mass is 19.4. The highest BCUT2D eigenvalue weighted by Crippen LogP contribution is 2.49. The Bertz CT molecular complexity index is 465. The molecular weight excluding hydrogens is 359 g/mol. The van der Waals surface area contributed by atoms with Crippen molar-refractivity contribution < 1.29 is 53.1 Å². The van der Waals surface area contributed by atoms with E-state index in [0.29, 0.717) is 0 Å². The van der Waals surface area contributed by atoms with Crippen molar-refractivity contribution in [3.8, 4) is 0 Å². The zero-order valence-corrected chi connectivity index (χ0v) is 11.2. The number of hydrogen-bond acceptors (Lipinski definition) is 2. The van der Waals surface area contributed by atoms with Crippen LogP contribution in [0.25, 0.3) is 0 Å². The molecule has 136 valence electrons. The Kier molecular flexibility index (Phi) is 6.07. The van der Waals surface area contributed by atoms with E-state index in [1.54, 1.807) is 0 Å². The molecule has 0 bridgehead atoms. The van der Waals surface area contributed by atoms with Crippen LogP contribution in [-0.4, -0.2) is 30.2 Å². The Morgan fingerprint density at radius 2 is 1.22 bits per heavy atom. The van der Waals surface area contributed by atoms with Crippen LogP contribution in [0.5, 0.6) is 0 Å². The van der Waals surface area contributed by atoms with Crippen molar-refractivity contribution in [1.82, 2.24) is 0 Å². The SMILES string of the molecule is CC/C(C)=N/OC(=C(C(F)(F)F)C(F)(F)F)C(F)(F)C(F)(F)F. The summed E-state index contributed by atoms with van der Waals surface area (Å²) in [6.45, 7) is 2.19. The molecule has 23 heavy (non-hydrogen) atoms. The summed E-state index contributed by atoms with van der Waals surface area (Å²) in [5.41, 5.74) is -4.54. The van der Waals surface area contributed by atoms with E-state index in [0.717, 1.165) is 6.92 Å². The second-order valence-corrected chi connectivity index (χ2v) is 4.04. The van der Waals surface area contributed by atoms with Gasteiger partial charge >= 0.3 is 24.5 Å². The predicted octanol–water partition coefficient (Wildman–Crippen LogP) is 5.37. The molecule has 2 nitrogen and oxygen atoms in total. The molecule has 0 aliphatic carbocycles. The van der Waals surface area contributed by atoms with Crippen molar-refractivity contribution in [3.05, 3.63) is 11.3 Å². The van der Waals surface area contributed by atoms with Crippen molar-refractivity contribution in [2.45, 2.75) is 44.7 Å². The van der Waals surface area contributed by atoms with Gasteiger partial charge in [-0.25, -0.2) is 0 Å². The summed E-state index contributed by atoms with van der Waals surface area (Å²) in [6.07, 6.45) is -20.1. The quantitative estimate of drug-likeness (QED) is 0.284. The van der Waals surface area contributed by atoms with E-state index in [1.165, 1.54) is 6.92 Å². The molecule has 0 heterocycles. The molecule has 0 aromatic heterocycles. The summed E-state index contributed by atoms with van der Waals surface area (Å²) >= 11 is 0. The molecule has 0 amide bonds. The number of alkyl halides is 11. The van der Waals surface area contributed by atoms with E-state index in [-0.39, 0.29) is 6.42 Å². The largest absolute Gasteiger partial charge is 0.461 e. The average Bonchev–Trinajstić information content (AvgIpc) is 2.28. The number of oxime groups is 1. The molecule has 0 saturated carbocycles. The lowest BCUT2D eigenvalue weighted by atomic mass is 10.1. The van der Waals surface area contributed by atoms with Gasteiger partial charge in [0.25, 0.3) is 0 Å². The molecular formula is C10H8F11NO. The number of allylic oxidation sites excluding steroid dienone is 2. The Morgan fingerprint density at radius 1 is 0.826 bits per heavy atom. The first-order valence-corrected chi connectivity index (χ1v) is 5.50. The van der Waals surface area contributed by atoms with E-state index in [4.69, 9.17) is 0 Å². The molecule has 0 radical (unpaired) electrons. The van der Waals surface area contributed by atoms with Crippen molar-refractivity contribution in [2.24, 2.45) is 5.16 Å². The van der Waals surface area contributed by atoms with Gasteiger partial charge in [0.05, 0.1) is 5.71 Å². The Balaban J connectivity index is 6.59. The molecule has 0 N–H and O–H groups in total. The minimum absolute atomic E-state index is 0.182. The van der Waals surface area contributed by atoms with Gasteiger partial charge in [-0.3, -0.25) is 0 Å². The summed E-state index contributed by atoms with van der Waals surface area (Å²) in [6, 6.07) is 0. The Labute approximate surface area is 121 Å². The summed E-state index contributed by atoms with van der Waals surface area (Å²) in [5, 5.41) is 2.45. The highest BCUT2D eigenvalue weighted by molar-refractivity contribution is 5.80. The molecule has 0 aromatic carbocycles. The van der Waals surface area contributed by atoms with Gasteiger partial charge in [-0.15, -0.1) is 0 Å². The zero-order chi connectivity index (χ0) is 18.9.